The van der Waals surface area contributed by atoms with Gasteiger partial charge >= 0.3 is 0 Å². The molecule has 2 N–H and O–H groups in total. The second-order valence-electron chi connectivity index (χ2n) is 8.03. The molecule has 5 rings (SSSR count). The summed E-state index contributed by atoms with van der Waals surface area (Å²) >= 11 is 14.1. The molecule has 3 aromatic carbocycles. The predicted molar refractivity (Wildman–Crippen MR) is 135 cm³/mol. The molecule has 2 heterocycles. The van der Waals surface area contributed by atoms with E-state index in [4.69, 9.17) is 34.0 Å². The Labute approximate surface area is 207 Å². The zero-order valence-corrected chi connectivity index (χ0v) is 20.1. The molecule has 2 aliphatic rings. The zero-order chi connectivity index (χ0) is 22.9. The second kappa shape index (κ2) is 9.49. The van der Waals surface area contributed by atoms with Crippen LogP contribution in [0.1, 0.15) is 40.7 Å². The van der Waals surface area contributed by atoms with Gasteiger partial charge in [-0.05, 0) is 49.2 Å². The highest BCUT2D eigenvalue weighted by Crippen LogP contribution is 2.42. The lowest BCUT2D eigenvalue weighted by Crippen LogP contribution is -2.52. The standard InChI is InChI=1S/C25H22Cl2N4OS/c26-19-10-8-16(14-20(19)27)24-18-6-2-3-7-22(18)33-23-11-9-17(15-21(23)29-24)25(32)31(28)30-12-4-1-5-13-30/h2-3,6-11,14-15H,1,4-5,12-13,28H2. The molecule has 1 amide bonds. The Morgan fingerprint density at radius 3 is 2.52 bits per heavy atom. The van der Waals surface area contributed by atoms with Gasteiger partial charge in [0.1, 0.15) is 0 Å². The van der Waals surface area contributed by atoms with E-state index in [1.165, 1.54) is 11.5 Å². The molecule has 0 aromatic heterocycles. The summed E-state index contributed by atoms with van der Waals surface area (Å²) < 4.78 is 0. The molecule has 0 spiro atoms. The molecule has 33 heavy (non-hydrogen) atoms. The van der Waals surface area contributed by atoms with Crippen LogP contribution in [-0.2, 0) is 0 Å². The third-order valence-electron chi connectivity index (χ3n) is 5.84. The van der Waals surface area contributed by atoms with Crippen molar-refractivity contribution in [2.24, 2.45) is 10.8 Å². The van der Waals surface area contributed by atoms with Gasteiger partial charge in [0, 0.05) is 39.6 Å². The van der Waals surface area contributed by atoms with Crippen molar-refractivity contribution in [2.75, 3.05) is 13.1 Å². The third kappa shape index (κ3) is 4.54. The van der Waals surface area contributed by atoms with Crippen molar-refractivity contribution in [3.63, 3.8) is 0 Å². The highest BCUT2D eigenvalue weighted by molar-refractivity contribution is 7.99. The summed E-state index contributed by atoms with van der Waals surface area (Å²) in [6, 6.07) is 19.2. The Kier molecular flexibility index (Phi) is 6.45. The molecule has 5 nitrogen and oxygen atoms in total. The Balaban J connectivity index is 1.57. The molecule has 3 aromatic rings. The number of carbonyl (C=O) groups excluding carboxylic acids is 1. The van der Waals surface area contributed by atoms with Crippen LogP contribution in [0.3, 0.4) is 0 Å². The van der Waals surface area contributed by atoms with E-state index in [2.05, 4.69) is 6.07 Å². The van der Waals surface area contributed by atoms with E-state index < -0.39 is 0 Å². The molecule has 0 radical (unpaired) electrons. The topological polar surface area (TPSA) is 61.9 Å². The molecular formula is C25H22Cl2N4OS. The lowest BCUT2D eigenvalue weighted by Gasteiger charge is -2.33. The number of carbonyl (C=O) groups is 1. The number of benzene rings is 3. The predicted octanol–water partition coefficient (Wildman–Crippen LogP) is 6.34. The van der Waals surface area contributed by atoms with Gasteiger partial charge in [-0.1, -0.05) is 65.7 Å². The average molecular weight is 497 g/mol. The van der Waals surface area contributed by atoms with Gasteiger partial charge in [0.05, 0.1) is 21.4 Å². The van der Waals surface area contributed by atoms with Crippen molar-refractivity contribution in [1.29, 1.82) is 0 Å². The number of hydrazine groups is 2. The first kappa shape index (κ1) is 22.4. The van der Waals surface area contributed by atoms with E-state index in [9.17, 15) is 4.79 Å². The van der Waals surface area contributed by atoms with E-state index in [1.807, 2.05) is 53.5 Å². The highest BCUT2D eigenvalue weighted by Gasteiger charge is 2.24. The molecule has 168 valence electrons. The number of hydrogen-bond donors (Lipinski definition) is 1. The van der Waals surface area contributed by atoms with Gasteiger partial charge in [-0.15, -0.1) is 0 Å². The summed E-state index contributed by atoms with van der Waals surface area (Å²) in [6.45, 7) is 1.58. The first-order chi connectivity index (χ1) is 16.0. The third-order valence-corrected chi connectivity index (χ3v) is 7.72. The van der Waals surface area contributed by atoms with E-state index in [-0.39, 0.29) is 5.91 Å². The van der Waals surface area contributed by atoms with Gasteiger partial charge < -0.3 is 0 Å². The van der Waals surface area contributed by atoms with Crippen LogP contribution in [0.2, 0.25) is 10.0 Å². The number of aliphatic imine (C=N–C) groups is 1. The Morgan fingerprint density at radius 2 is 1.73 bits per heavy atom. The van der Waals surface area contributed by atoms with Crippen LogP contribution in [-0.4, -0.2) is 34.8 Å². The van der Waals surface area contributed by atoms with Crippen LogP contribution in [0.25, 0.3) is 0 Å². The number of hydrogen-bond acceptors (Lipinski definition) is 5. The maximum Gasteiger partial charge on any atom is 0.282 e. The van der Waals surface area contributed by atoms with Crippen LogP contribution < -0.4 is 5.84 Å². The fourth-order valence-corrected chi connectivity index (χ4v) is 5.39. The molecule has 0 atom stereocenters. The van der Waals surface area contributed by atoms with Crippen molar-refractivity contribution in [3.05, 3.63) is 87.4 Å². The quantitative estimate of drug-likeness (QED) is 0.204. The van der Waals surface area contributed by atoms with Crippen LogP contribution in [0.15, 0.2) is 75.4 Å². The van der Waals surface area contributed by atoms with Gasteiger partial charge in [-0.2, -0.15) is 0 Å². The van der Waals surface area contributed by atoms with Crippen LogP contribution in [0.5, 0.6) is 0 Å². The summed E-state index contributed by atoms with van der Waals surface area (Å²) in [5.41, 5.74) is 3.86. The van der Waals surface area contributed by atoms with Crippen molar-refractivity contribution in [3.8, 4) is 0 Å². The zero-order valence-electron chi connectivity index (χ0n) is 17.8. The molecular weight excluding hydrogens is 475 g/mol. The number of amides is 1. The van der Waals surface area contributed by atoms with Gasteiger partial charge in [0.25, 0.3) is 5.91 Å². The van der Waals surface area contributed by atoms with E-state index in [0.717, 1.165) is 58.2 Å². The summed E-state index contributed by atoms with van der Waals surface area (Å²) in [5.74, 6) is 5.95. The Hall–Kier alpha value is -2.35. The molecule has 0 aliphatic carbocycles. The minimum atomic E-state index is -0.238. The molecule has 1 saturated heterocycles. The first-order valence-corrected chi connectivity index (χ1v) is 12.4. The minimum absolute atomic E-state index is 0.238. The van der Waals surface area contributed by atoms with Crippen LogP contribution in [0, 0.1) is 0 Å². The van der Waals surface area contributed by atoms with Gasteiger partial charge in [0.15, 0.2) is 0 Å². The summed E-state index contributed by atoms with van der Waals surface area (Å²) in [5, 5.41) is 4.12. The fourth-order valence-electron chi connectivity index (χ4n) is 4.09. The molecule has 0 saturated carbocycles. The largest absolute Gasteiger partial charge is 0.282 e. The van der Waals surface area contributed by atoms with E-state index >= 15 is 0 Å². The first-order valence-electron chi connectivity index (χ1n) is 10.8. The smallest absolute Gasteiger partial charge is 0.266 e. The lowest BCUT2D eigenvalue weighted by molar-refractivity contribution is -0.0223. The molecule has 0 unspecified atom stereocenters. The van der Waals surface area contributed by atoms with Crippen molar-refractivity contribution in [2.45, 2.75) is 29.1 Å². The van der Waals surface area contributed by atoms with E-state index in [0.29, 0.717) is 15.6 Å². The molecule has 1 fully saturated rings. The number of rotatable bonds is 3. The van der Waals surface area contributed by atoms with Crippen molar-refractivity contribution < 1.29 is 4.79 Å². The normalized spacial score (nSPS) is 15.8. The molecule has 2 aliphatic heterocycles. The monoisotopic (exact) mass is 496 g/mol. The Bertz CT molecular complexity index is 1260. The van der Waals surface area contributed by atoms with E-state index in [1.54, 1.807) is 17.8 Å². The average Bonchev–Trinajstić information content (AvgIpc) is 3.01. The van der Waals surface area contributed by atoms with Gasteiger partial charge in [-0.3, -0.25) is 4.79 Å². The molecule has 0 bridgehead atoms. The minimum Gasteiger partial charge on any atom is -0.266 e. The summed E-state index contributed by atoms with van der Waals surface area (Å²) in [6.07, 6.45) is 3.25. The maximum absolute atomic E-state index is 13.1. The SMILES string of the molecule is NN(C(=O)c1ccc2c(c1)N=C(c1ccc(Cl)c(Cl)c1)c1ccccc1S2)N1CCCCC1. The number of fused-ring (bicyclic) bond motifs is 2. The maximum atomic E-state index is 13.1. The Morgan fingerprint density at radius 1 is 0.939 bits per heavy atom. The molecule has 8 heteroatoms. The van der Waals surface area contributed by atoms with Crippen LogP contribution >= 0.6 is 35.0 Å². The second-order valence-corrected chi connectivity index (χ2v) is 9.93. The number of halogens is 2. The van der Waals surface area contributed by atoms with Crippen molar-refractivity contribution >= 4 is 52.3 Å². The number of nitrogens with zero attached hydrogens (tertiary/aromatic N) is 3. The lowest BCUT2D eigenvalue weighted by atomic mass is 10.0. The fraction of sp³-hybridized carbons (Fsp3) is 0.200. The van der Waals surface area contributed by atoms with Gasteiger partial charge in [-0.25, -0.2) is 21.0 Å². The summed E-state index contributed by atoms with van der Waals surface area (Å²) in [4.78, 5) is 20.2. The van der Waals surface area contributed by atoms with Crippen molar-refractivity contribution in [1.82, 2.24) is 10.1 Å². The number of nitrogens with two attached hydrogens (primary N) is 1. The highest BCUT2D eigenvalue weighted by atomic mass is 35.5. The summed E-state index contributed by atoms with van der Waals surface area (Å²) in [7, 11) is 0. The van der Waals surface area contributed by atoms with Crippen LogP contribution in [0.4, 0.5) is 5.69 Å². The number of piperidine rings is 1. The van der Waals surface area contributed by atoms with Gasteiger partial charge in [0.2, 0.25) is 0 Å².